The predicted molar refractivity (Wildman–Crippen MR) is 90.4 cm³/mol. The minimum atomic E-state index is -0.478. The Hall–Kier alpha value is -2.54. The monoisotopic (exact) mass is 345 g/mol. The number of hydrogen-bond donors (Lipinski definition) is 0. The average molecular weight is 345 g/mol. The molecule has 1 saturated heterocycles. The van der Waals surface area contributed by atoms with Gasteiger partial charge in [0.05, 0.1) is 18.8 Å². The number of aryl methyl sites for hydroxylation is 1. The molecule has 132 valence electrons. The number of halogens is 1. The Morgan fingerprint density at radius 1 is 1.32 bits per heavy atom. The Labute approximate surface area is 144 Å². The van der Waals surface area contributed by atoms with Crippen LogP contribution in [0.25, 0.3) is 5.69 Å². The molecular weight excluding hydrogens is 325 g/mol. The number of rotatable bonds is 2. The van der Waals surface area contributed by atoms with Crippen LogP contribution in [-0.2, 0) is 4.74 Å². The number of nitrogens with zero attached hydrogens (tertiary/aromatic N) is 3. The molecular formula is C18H20FN3O3. The van der Waals surface area contributed by atoms with Crippen LogP contribution >= 0.6 is 0 Å². The minimum Gasteiger partial charge on any atom is -0.375 e. The van der Waals surface area contributed by atoms with Gasteiger partial charge < -0.3 is 9.64 Å². The fraction of sp³-hybridized carbons (Fsp3) is 0.389. The van der Waals surface area contributed by atoms with Gasteiger partial charge in [0.25, 0.3) is 5.91 Å². The summed E-state index contributed by atoms with van der Waals surface area (Å²) in [5.74, 6) is -0.939. The van der Waals surface area contributed by atoms with E-state index in [2.05, 4.69) is 5.10 Å². The topological polar surface area (TPSA) is 64.4 Å². The molecule has 6 nitrogen and oxygen atoms in total. The first-order valence-corrected chi connectivity index (χ1v) is 8.17. The van der Waals surface area contributed by atoms with Gasteiger partial charge in [-0.1, -0.05) is 12.1 Å². The van der Waals surface area contributed by atoms with Crippen LogP contribution in [-0.4, -0.2) is 45.9 Å². The molecule has 2 atom stereocenters. The zero-order chi connectivity index (χ0) is 18.1. The van der Waals surface area contributed by atoms with Crippen molar-refractivity contribution in [1.29, 1.82) is 0 Å². The first kappa shape index (κ1) is 17.3. The minimum absolute atomic E-state index is 0.112. The summed E-state index contributed by atoms with van der Waals surface area (Å²) in [7, 11) is 0. The van der Waals surface area contributed by atoms with Crippen molar-refractivity contribution in [3.05, 3.63) is 57.8 Å². The number of aromatic nitrogens is 2. The van der Waals surface area contributed by atoms with Crippen LogP contribution in [0.4, 0.5) is 4.39 Å². The summed E-state index contributed by atoms with van der Waals surface area (Å²) in [6.07, 6.45) is -0.112. The number of benzene rings is 1. The van der Waals surface area contributed by atoms with Gasteiger partial charge in [0, 0.05) is 18.3 Å². The summed E-state index contributed by atoms with van der Waals surface area (Å²) < 4.78 is 20.9. The van der Waals surface area contributed by atoms with E-state index in [4.69, 9.17) is 4.74 Å². The Morgan fingerprint density at radius 3 is 2.76 bits per heavy atom. The van der Waals surface area contributed by atoms with E-state index in [0.717, 1.165) is 0 Å². The van der Waals surface area contributed by atoms with Gasteiger partial charge in [-0.25, -0.2) is 9.07 Å². The Balaban J connectivity index is 2.05. The summed E-state index contributed by atoms with van der Waals surface area (Å²) in [6, 6.07) is 7.24. The zero-order valence-corrected chi connectivity index (χ0v) is 14.4. The maximum atomic E-state index is 14.1. The van der Waals surface area contributed by atoms with Crippen LogP contribution in [0.2, 0.25) is 0 Å². The van der Waals surface area contributed by atoms with Gasteiger partial charge in [0.1, 0.15) is 11.5 Å². The van der Waals surface area contributed by atoms with Crippen LogP contribution in [0, 0.1) is 12.7 Å². The second kappa shape index (κ2) is 6.76. The third-order valence-electron chi connectivity index (χ3n) is 4.26. The fourth-order valence-electron chi connectivity index (χ4n) is 2.89. The third kappa shape index (κ3) is 3.32. The molecule has 1 aliphatic rings. The van der Waals surface area contributed by atoms with Crippen LogP contribution in [0.3, 0.4) is 0 Å². The van der Waals surface area contributed by atoms with Crippen LogP contribution in [0.15, 0.2) is 35.1 Å². The normalized spacial score (nSPS) is 20.6. The molecule has 0 aliphatic carbocycles. The quantitative estimate of drug-likeness (QED) is 0.834. The Bertz CT molecular complexity index is 865. The highest BCUT2D eigenvalue weighted by atomic mass is 19.1. The van der Waals surface area contributed by atoms with Gasteiger partial charge in [0.2, 0.25) is 5.43 Å². The Kier molecular flexibility index (Phi) is 4.67. The van der Waals surface area contributed by atoms with Crippen molar-refractivity contribution in [3.8, 4) is 5.69 Å². The number of ether oxygens (including phenoxy) is 1. The molecule has 0 N–H and O–H groups in total. The van der Waals surface area contributed by atoms with Crippen molar-refractivity contribution in [3.63, 3.8) is 0 Å². The molecule has 0 radical (unpaired) electrons. The molecule has 0 spiro atoms. The van der Waals surface area contributed by atoms with E-state index in [1.807, 2.05) is 13.8 Å². The highest BCUT2D eigenvalue weighted by Crippen LogP contribution is 2.16. The second-order valence-corrected chi connectivity index (χ2v) is 6.31. The van der Waals surface area contributed by atoms with Gasteiger partial charge in [-0.05, 0) is 32.9 Å². The van der Waals surface area contributed by atoms with Crippen molar-refractivity contribution < 1.29 is 13.9 Å². The predicted octanol–water partition coefficient (Wildman–Crippen LogP) is 1.93. The molecule has 0 unspecified atom stereocenters. The van der Waals surface area contributed by atoms with E-state index < -0.39 is 17.2 Å². The van der Waals surface area contributed by atoms with E-state index in [1.54, 1.807) is 30.0 Å². The third-order valence-corrected chi connectivity index (χ3v) is 4.26. The second-order valence-electron chi connectivity index (χ2n) is 6.31. The lowest BCUT2D eigenvalue weighted by Gasteiger charge is -2.36. The molecule has 1 aromatic carbocycles. The number of morpholine rings is 1. The fourth-order valence-corrected chi connectivity index (χ4v) is 2.89. The molecule has 1 aromatic heterocycles. The van der Waals surface area contributed by atoms with Crippen molar-refractivity contribution >= 4 is 5.91 Å². The number of carbonyl (C=O) groups is 1. The van der Waals surface area contributed by atoms with E-state index in [9.17, 15) is 14.0 Å². The first-order valence-electron chi connectivity index (χ1n) is 8.17. The first-order chi connectivity index (χ1) is 11.9. The van der Waals surface area contributed by atoms with Crippen molar-refractivity contribution in [2.24, 2.45) is 0 Å². The molecule has 2 aromatic rings. The van der Waals surface area contributed by atoms with E-state index in [-0.39, 0.29) is 23.5 Å². The maximum Gasteiger partial charge on any atom is 0.278 e. The SMILES string of the molecule is Cc1cc(=O)c(C(=O)N2C[C@@H](C)OC[C@@H]2C)nn1-c1ccccc1F. The summed E-state index contributed by atoms with van der Waals surface area (Å²) in [5, 5.41) is 4.17. The molecule has 3 rings (SSSR count). The molecule has 0 bridgehead atoms. The molecule has 7 heteroatoms. The molecule has 0 saturated carbocycles. The van der Waals surface area contributed by atoms with Crippen LogP contribution in [0.1, 0.15) is 30.0 Å². The zero-order valence-electron chi connectivity index (χ0n) is 14.4. The highest BCUT2D eigenvalue weighted by molar-refractivity contribution is 5.92. The summed E-state index contributed by atoms with van der Waals surface area (Å²) in [5.41, 5.74) is -0.0382. The van der Waals surface area contributed by atoms with Gasteiger partial charge in [-0.3, -0.25) is 9.59 Å². The molecule has 1 fully saturated rings. The smallest absolute Gasteiger partial charge is 0.278 e. The number of para-hydroxylation sites is 1. The van der Waals surface area contributed by atoms with Gasteiger partial charge in [-0.15, -0.1) is 0 Å². The maximum absolute atomic E-state index is 14.1. The van der Waals surface area contributed by atoms with Gasteiger partial charge in [-0.2, -0.15) is 5.10 Å². The molecule has 25 heavy (non-hydrogen) atoms. The summed E-state index contributed by atoms with van der Waals surface area (Å²) >= 11 is 0. The molecule has 1 amide bonds. The average Bonchev–Trinajstić information content (AvgIpc) is 2.57. The largest absolute Gasteiger partial charge is 0.375 e. The molecule has 1 aliphatic heterocycles. The number of hydrogen-bond acceptors (Lipinski definition) is 4. The van der Waals surface area contributed by atoms with E-state index >= 15 is 0 Å². The van der Waals surface area contributed by atoms with E-state index in [0.29, 0.717) is 18.8 Å². The van der Waals surface area contributed by atoms with Crippen LogP contribution in [0.5, 0.6) is 0 Å². The number of amides is 1. The van der Waals surface area contributed by atoms with E-state index in [1.165, 1.54) is 16.8 Å². The van der Waals surface area contributed by atoms with Crippen molar-refractivity contribution in [2.75, 3.05) is 13.2 Å². The van der Waals surface area contributed by atoms with Crippen molar-refractivity contribution in [1.82, 2.24) is 14.7 Å². The lowest BCUT2D eigenvalue weighted by atomic mass is 10.2. The number of carbonyl (C=O) groups excluding carboxylic acids is 1. The Morgan fingerprint density at radius 2 is 2.04 bits per heavy atom. The van der Waals surface area contributed by atoms with Gasteiger partial charge >= 0.3 is 0 Å². The summed E-state index contributed by atoms with van der Waals surface area (Å²) in [6.45, 7) is 6.16. The lowest BCUT2D eigenvalue weighted by molar-refractivity contribution is -0.0390. The van der Waals surface area contributed by atoms with Crippen molar-refractivity contribution in [2.45, 2.75) is 32.9 Å². The highest BCUT2D eigenvalue weighted by Gasteiger charge is 2.30. The molecule has 2 heterocycles. The van der Waals surface area contributed by atoms with Crippen LogP contribution < -0.4 is 5.43 Å². The lowest BCUT2D eigenvalue weighted by Crippen LogP contribution is -2.51. The summed E-state index contributed by atoms with van der Waals surface area (Å²) in [4.78, 5) is 26.8. The standard InChI is InChI=1S/C18H20FN3O3/c1-11-8-16(23)17(18(24)21-9-13(3)25-10-12(21)2)20-22(11)15-7-5-4-6-14(15)19/h4-8,12-13H,9-10H2,1-3H3/t12-,13+/m0/s1. The van der Waals surface area contributed by atoms with Gasteiger partial charge in [0.15, 0.2) is 5.69 Å².